The van der Waals surface area contributed by atoms with Crippen LogP contribution in [0.25, 0.3) is 0 Å². The molecule has 154 valence electrons. The van der Waals surface area contributed by atoms with Gasteiger partial charge in [-0.1, -0.05) is 31.4 Å². The lowest BCUT2D eigenvalue weighted by atomic mass is 9.88. The molecule has 2 amide bonds. The van der Waals surface area contributed by atoms with Crippen LogP contribution >= 0.6 is 11.8 Å². The molecule has 0 spiro atoms. The molecule has 1 atom stereocenters. The second-order valence-electron chi connectivity index (χ2n) is 7.92. The number of hydrogen-bond acceptors (Lipinski definition) is 3. The summed E-state index contributed by atoms with van der Waals surface area (Å²) >= 11 is 1.51. The van der Waals surface area contributed by atoms with Crippen molar-refractivity contribution < 1.29 is 9.59 Å². The Bertz CT molecular complexity index is 858. The van der Waals surface area contributed by atoms with E-state index in [1.807, 2.05) is 63.2 Å². The number of rotatable bonds is 6. The summed E-state index contributed by atoms with van der Waals surface area (Å²) in [4.78, 5) is 26.0. The summed E-state index contributed by atoms with van der Waals surface area (Å²) < 4.78 is 0. The van der Waals surface area contributed by atoms with Crippen molar-refractivity contribution in [1.82, 2.24) is 0 Å². The second-order valence-corrected chi connectivity index (χ2v) is 9.33. The molecule has 2 N–H and O–H groups in total. The maximum atomic E-state index is 12.6. The van der Waals surface area contributed by atoms with Crippen molar-refractivity contribution >= 4 is 35.0 Å². The van der Waals surface area contributed by atoms with E-state index >= 15 is 0 Å². The van der Waals surface area contributed by atoms with Gasteiger partial charge in [0.2, 0.25) is 11.8 Å². The van der Waals surface area contributed by atoms with Crippen LogP contribution in [0.1, 0.15) is 50.2 Å². The van der Waals surface area contributed by atoms with E-state index in [2.05, 4.69) is 10.6 Å². The SMILES string of the molecule is Cc1ccc(C)c(NC(=O)C(C)Sc2ccc(NC(=O)C3CCCCC3)cc2)c1. The van der Waals surface area contributed by atoms with Gasteiger partial charge in [-0.15, -0.1) is 11.8 Å². The molecule has 0 aliphatic heterocycles. The van der Waals surface area contributed by atoms with E-state index in [9.17, 15) is 9.59 Å². The molecule has 3 rings (SSSR count). The largest absolute Gasteiger partial charge is 0.326 e. The zero-order valence-electron chi connectivity index (χ0n) is 17.5. The number of benzene rings is 2. The van der Waals surface area contributed by atoms with Crippen LogP contribution in [0, 0.1) is 19.8 Å². The molecule has 0 saturated heterocycles. The van der Waals surface area contributed by atoms with Gasteiger partial charge in [0.15, 0.2) is 0 Å². The van der Waals surface area contributed by atoms with Crippen LogP contribution in [0.15, 0.2) is 47.4 Å². The van der Waals surface area contributed by atoms with Gasteiger partial charge in [0.25, 0.3) is 0 Å². The first kappa shape index (κ1) is 21.4. The quantitative estimate of drug-likeness (QED) is 0.579. The molecule has 0 bridgehead atoms. The van der Waals surface area contributed by atoms with E-state index in [0.717, 1.165) is 53.1 Å². The first-order valence-electron chi connectivity index (χ1n) is 10.4. The third-order valence-electron chi connectivity index (χ3n) is 5.43. The van der Waals surface area contributed by atoms with Gasteiger partial charge in [0, 0.05) is 22.2 Å². The summed E-state index contributed by atoms with van der Waals surface area (Å²) in [6, 6.07) is 13.8. The lowest BCUT2D eigenvalue weighted by Crippen LogP contribution is -2.24. The smallest absolute Gasteiger partial charge is 0.237 e. The molecule has 5 heteroatoms. The molecule has 2 aromatic rings. The molecule has 1 unspecified atom stereocenters. The maximum Gasteiger partial charge on any atom is 0.237 e. The summed E-state index contributed by atoms with van der Waals surface area (Å²) in [5.41, 5.74) is 3.86. The van der Waals surface area contributed by atoms with Crippen LogP contribution in [0.2, 0.25) is 0 Å². The van der Waals surface area contributed by atoms with Gasteiger partial charge in [-0.3, -0.25) is 9.59 Å². The molecule has 0 heterocycles. The van der Waals surface area contributed by atoms with Crippen molar-refractivity contribution in [3.05, 3.63) is 53.6 Å². The number of thioether (sulfide) groups is 1. The highest BCUT2D eigenvalue weighted by atomic mass is 32.2. The number of carbonyl (C=O) groups is 2. The highest BCUT2D eigenvalue weighted by molar-refractivity contribution is 8.00. The van der Waals surface area contributed by atoms with Gasteiger partial charge in [-0.05, 0) is 75.1 Å². The minimum atomic E-state index is -0.224. The lowest BCUT2D eigenvalue weighted by Gasteiger charge is -2.20. The number of aryl methyl sites for hydroxylation is 2. The van der Waals surface area contributed by atoms with Gasteiger partial charge in [-0.25, -0.2) is 0 Å². The van der Waals surface area contributed by atoms with Crippen molar-refractivity contribution in [2.75, 3.05) is 10.6 Å². The van der Waals surface area contributed by atoms with Crippen molar-refractivity contribution in [2.24, 2.45) is 5.92 Å². The van der Waals surface area contributed by atoms with Gasteiger partial charge < -0.3 is 10.6 Å². The molecular formula is C24H30N2O2S. The normalized spacial score (nSPS) is 15.6. The number of amides is 2. The molecule has 1 fully saturated rings. The van der Waals surface area contributed by atoms with E-state index in [4.69, 9.17) is 0 Å². The standard InChI is InChI=1S/C24H30N2O2S/c1-16-9-10-17(2)22(15-16)26-23(27)18(3)29-21-13-11-20(12-14-21)25-24(28)19-7-5-4-6-8-19/h9-15,18-19H,4-8H2,1-3H3,(H,25,28)(H,26,27). The fourth-order valence-electron chi connectivity index (χ4n) is 3.59. The summed E-state index contributed by atoms with van der Waals surface area (Å²) in [5, 5.41) is 5.84. The third-order valence-corrected chi connectivity index (χ3v) is 6.54. The summed E-state index contributed by atoms with van der Waals surface area (Å²) in [6.45, 7) is 5.92. The van der Waals surface area contributed by atoms with E-state index in [0.29, 0.717) is 0 Å². The van der Waals surface area contributed by atoms with Crippen LogP contribution in [0.5, 0.6) is 0 Å². The molecule has 29 heavy (non-hydrogen) atoms. The van der Waals surface area contributed by atoms with E-state index < -0.39 is 0 Å². The van der Waals surface area contributed by atoms with Crippen molar-refractivity contribution in [3.63, 3.8) is 0 Å². The van der Waals surface area contributed by atoms with E-state index in [1.54, 1.807) is 0 Å². The fraction of sp³-hybridized carbons (Fsp3) is 0.417. The minimum absolute atomic E-state index is 0.0154. The Balaban J connectivity index is 1.53. The van der Waals surface area contributed by atoms with Crippen molar-refractivity contribution in [3.8, 4) is 0 Å². The predicted molar refractivity (Wildman–Crippen MR) is 122 cm³/mol. The summed E-state index contributed by atoms with van der Waals surface area (Å²) in [7, 11) is 0. The fourth-order valence-corrected chi connectivity index (χ4v) is 4.46. The van der Waals surface area contributed by atoms with Crippen LogP contribution in [-0.2, 0) is 9.59 Å². The Morgan fingerprint density at radius 2 is 1.66 bits per heavy atom. The zero-order chi connectivity index (χ0) is 20.8. The lowest BCUT2D eigenvalue weighted by molar-refractivity contribution is -0.120. The Hall–Kier alpha value is -2.27. The van der Waals surface area contributed by atoms with Gasteiger partial charge in [-0.2, -0.15) is 0 Å². The number of carbonyl (C=O) groups excluding carboxylic acids is 2. The summed E-state index contributed by atoms with van der Waals surface area (Å²) in [5.74, 6) is 0.261. The van der Waals surface area contributed by atoms with Crippen LogP contribution in [0.3, 0.4) is 0 Å². The molecule has 0 aromatic heterocycles. The average Bonchev–Trinajstić information content (AvgIpc) is 2.72. The van der Waals surface area contributed by atoms with Crippen LogP contribution in [0.4, 0.5) is 11.4 Å². The first-order valence-corrected chi connectivity index (χ1v) is 11.3. The topological polar surface area (TPSA) is 58.2 Å². The van der Waals surface area contributed by atoms with Gasteiger partial charge in [0.1, 0.15) is 0 Å². The number of hydrogen-bond donors (Lipinski definition) is 2. The third kappa shape index (κ3) is 6.10. The van der Waals surface area contributed by atoms with Crippen molar-refractivity contribution in [2.45, 2.75) is 63.0 Å². The number of nitrogens with one attached hydrogen (secondary N) is 2. The first-order chi connectivity index (χ1) is 13.9. The highest BCUT2D eigenvalue weighted by Gasteiger charge is 2.21. The molecule has 2 aromatic carbocycles. The Kier molecular flexibility index (Phi) is 7.37. The van der Waals surface area contributed by atoms with Crippen molar-refractivity contribution in [1.29, 1.82) is 0 Å². The number of anilines is 2. The molecule has 1 saturated carbocycles. The predicted octanol–water partition coefficient (Wildman–Crippen LogP) is 5.94. The molecule has 0 radical (unpaired) electrons. The van der Waals surface area contributed by atoms with Crippen LogP contribution < -0.4 is 10.6 Å². The van der Waals surface area contributed by atoms with Gasteiger partial charge in [0.05, 0.1) is 5.25 Å². The van der Waals surface area contributed by atoms with E-state index in [-0.39, 0.29) is 23.0 Å². The zero-order valence-corrected chi connectivity index (χ0v) is 18.3. The molecule has 1 aliphatic rings. The molecule has 4 nitrogen and oxygen atoms in total. The van der Waals surface area contributed by atoms with E-state index in [1.165, 1.54) is 18.2 Å². The highest BCUT2D eigenvalue weighted by Crippen LogP contribution is 2.28. The minimum Gasteiger partial charge on any atom is -0.326 e. The second kappa shape index (κ2) is 9.97. The maximum absolute atomic E-state index is 12.6. The Morgan fingerprint density at radius 1 is 0.966 bits per heavy atom. The molecular weight excluding hydrogens is 380 g/mol. The average molecular weight is 411 g/mol. The Labute approximate surface area is 177 Å². The Morgan fingerprint density at radius 3 is 2.34 bits per heavy atom. The van der Waals surface area contributed by atoms with Gasteiger partial charge >= 0.3 is 0 Å². The summed E-state index contributed by atoms with van der Waals surface area (Å²) in [6.07, 6.45) is 5.52. The van der Waals surface area contributed by atoms with Crippen LogP contribution in [-0.4, -0.2) is 17.1 Å². The monoisotopic (exact) mass is 410 g/mol. The molecule has 1 aliphatic carbocycles.